The summed E-state index contributed by atoms with van der Waals surface area (Å²) in [6, 6.07) is 3.95. The maximum atomic E-state index is 5.88. The minimum absolute atomic E-state index is 0.403. The minimum atomic E-state index is 0.403. The molecule has 1 aliphatic rings. The molecule has 1 N–H and O–H groups in total. The van der Waals surface area contributed by atoms with Gasteiger partial charge in [-0.05, 0) is 18.1 Å². The molecule has 2 rings (SSSR count). The summed E-state index contributed by atoms with van der Waals surface area (Å²) in [4.78, 5) is 6.83. The van der Waals surface area contributed by atoms with Crippen LogP contribution in [0.25, 0.3) is 0 Å². The summed E-state index contributed by atoms with van der Waals surface area (Å²) >= 11 is 0. The molecule has 0 atom stereocenters. The highest BCUT2D eigenvalue weighted by atomic mass is 16.5. The third-order valence-electron chi connectivity index (χ3n) is 3.22. The second kappa shape index (κ2) is 6.71. The van der Waals surface area contributed by atoms with E-state index in [0.29, 0.717) is 5.92 Å². The van der Waals surface area contributed by atoms with Gasteiger partial charge in [0.15, 0.2) is 0 Å². The molecule has 100 valence electrons. The third-order valence-corrected chi connectivity index (χ3v) is 3.22. The number of pyridine rings is 1. The summed E-state index contributed by atoms with van der Waals surface area (Å²) in [6.45, 7) is 10.4. The zero-order chi connectivity index (χ0) is 12.8. The maximum absolute atomic E-state index is 5.88. The van der Waals surface area contributed by atoms with E-state index < -0.39 is 0 Å². The first-order chi connectivity index (χ1) is 8.77. The normalized spacial score (nSPS) is 17.1. The van der Waals surface area contributed by atoms with E-state index in [-0.39, 0.29) is 0 Å². The van der Waals surface area contributed by atoms with Crippen molar-refractivity contribution in [1.82, 2.24) is 15.2 Å². The average molecular weight is 249 g/mol. The molecule has 2 heterocycles. The Morgan fingerprint density at radius 2 is 2.17 bits per heavy atom. The van der Waals surface area contributed by atoms with Gasteiger partial charge >= 0.3 is 0 Å². The predicted octanol–water partition coefficient (Wildman–Crippen LogP) is 1.49. The fourth-order valence-corrected chi connectivity index (χ4v) is 2.18. The number of hydrogen-bond donors (Lipinski definition) is 1. The van der Waals surface area contributed by atoms with Gasteiger partial charge in [0.2, 0.25) is 0 Å². The fourth-order valence-electron chi connectivity index (χ4n) is 2.18. The Hall–Kier alpha value is -1.13. The van der Waals surface area contributed by atoms with Crippen LogP contribution >= 0.6 is 0 Å². The largest absolute Gasteiger partial charge is 0.490 e. The SMILES string of the molecule is CC(C)c1ncccc1OCCN1CCNCC1. The molecule has 0 spiro atoms. The van der Waals surface area contributed by atoms with Crippen molar-refractivity contribution < 1.29 is 4.74 Å². The molecule has 1 saturated heterocycles. The highest BCUT2D eigenvalue weighted by Crippen LogP contribution is 2.23. The van der Waals surface area contributed by atoms with E-state index in [1.165, 1.54) is 0 Å². The Morgan fingerprint density at radius 1 is 1.39 bits per heavy atom. The topological polar surface area (TPSA) is 37.4 Å². The zero-order valence-electron chi connectivity index (χ0n) is 11.4. The van der Waals surface area contributed by atoms with Gasteiger partial charge in [0.1, 0.15) is 12.4 Å². The second-order valence-electron chi connectivity index (χ2n) is 4.98. The Kier molecular flexibility index (Phi) is 4.96. The van der Waals surface area contributed by atoms with Crippen LogP contribution in [0.1, 0.15) is 25.5 Å². The second-order valence-corrected chi connectivity index (χ2v) is 4.98. The summed E-state index contributed by atoms with van der Waals surface area (Å²) in [5.74, 6) is 1.34. The molecule has 0 unspecified atom stereocenters. The van der Waals surface area contributed by atoms with Crippen molar-refractivity contribution in [3.05, 3.63) is 24.0 Å². The van der Waals surface area contributed by atoms with Gasteiger partial charge in [-0.15, -0.1) is 0 Å². The van der Waals surface area contributed by atoms with Crippen molar-refractivity contribution in [1.29, 1.82) is 0 Å². The maximum Gasteiger partial charge on any atom is 0.141 e. The molecule has 0 radical (unpaired) electrons. The molecular weight excluding hydrogens is 226 g/mol. The van der Waals surface area contributed by atoms with Crippen molar-refractivity contribution in [3.63, 3.8) is 0 Å². The zero-order valence-corrected chi connectivity index (χ0v) is 11.4. The van der Waals surface area contributed by atoms with Crippen LogP contribution in [-0.2, 0) is 0 Å². The number of ether oxygens (including phenoxy) is 1. The number of nitrogens with one attached hydrogen (secondary N) is 1. The quantitative estimate of drug-likeness (QED) is 0.858. The van der Waals surface area contributed by atoms with E-state index in [0.717, 1.165) is 50.8 Å². The first kappa shape index (κ1) is 13.3. The van der Waals surface area contributed by atoms with Crippen LogP contribution in [0.4, 0.5) is 0 Å². The molecule has 1 fully saturated rings. The first-order valence-electron chi connectivity index (χ1n) is 6.78. The minimum Gasteiger partial charge on any atom is -0.490 e. The van der Waals surface area contributed by atoms with Crippen molar-refractivity contribution in [3.8, 4) is 5.75 Å². The number of nitrogens with zero attached hydrogens (tertiary/aromatic N) is 2. The van der Waals surface area contributed by atoms with Crippen LogP contribution in [0.15, 0.2) is 18.3 Å². The van der Waals surface area contributed by atoms with Crippen LogP contribution in [0.3, 0.4) is 0 Å². The number of piperazine rings is 1. The van der Waals surface area contributed by atoms with E-state index in [1.807, 2.05) is 18.3 Å². The molecule has 1 aromatic rings. The summed E-state index contributed by atoms with van der Waals surface area (Å²) in [7, 11) is 0. The average Bonchev–Trinajstić information content (AvgIpc) is 2.40. The van der Waals surface area contributed by atoms with E-state index >= 15 is 0 Å². The van der Waals surface area contributed by atoms with Crippen LogP contribution in [-0.4, -0.2) is 49.2 Å². The highest BCUT2D eigenvalue weighted by molar-refractivity contribution is 5.29. The molecule has 4 heteroatoms. The van der Waals surface area contributed by atoms with Crippen molar-refractivity contribution >= 4 is 0 Å². The Bertz CT molecular complexity index is 362. The third kappa shape index (κ3) is 3.68. The molecule has 1 aromatic heterocycles. The lowest BCUT2D eigenvalue weighted by Gasteiger charge is -2.27. The van der Waals surface area contributed by atoms with Crippen LogP contribution in [0, 0.1) is 0 Å². The van der Waals surface area contributed by atoms with Crippen molar-refractivity contribution in [2.45, 2.75) is 19.8 Å². The van der Waals surface area contributed by atoms with Crippen LogP contribution in [0.5, 0.6) is 5.75 Å². The standard InChI is InChI=1S/C14H23N3O/c1-12(2)14-13(4-3-5-16-14)18-11-10-17-8-6-15-7-9-17/h3-5,12,15H,6-11H2,1-2H3. The molecule has 18 heavy (non-hydrogen) atoms. The Balaban J connectivity index is 1.82. The Labute approximate surface area is 109 Å². The number of rotatable bonds is 5. The van der Waals surface area contributed by atoms with Gasteiger partial charge in [0.05, 0.1) is 5.69 Å². The van der Waals surface area contributed by atoms with Gasteiger partial charge < -0.3 is 10.1 Å². The smallest absolute Gasteiger partial charge is 0.141 e. The summed E-state index contributed by atoms with van der Waals surface area (Å²) < 4.78 is 5.88. The van der Waals surface area contributed by atoms with Gasteiger partial charge in [-0.1, -0.05) is 13.8 Å². The summed E-state index contributed by atoms with van der Waals surface area (Å²) in [5.41, 5.74) is 1.05. The molecule has 0 saturated carbocycles. The molecular formula is C14H23N3O. The summed E-state index contributed by atoms with van der Waals surface area (Å²) in [6.07, 6.45) is 1.83. The van der Waals surface area contributed by atoms with Gasteiger partial charge in [-0.25, -0.2) is 0 Å². The van der Waals surface area contributed by atoms with Gasteiger partial charge in [-0.3, -0.25) is 9.88 Å². The molecule has 0 aliphatic carbocycles. The molecule has 0 bridgehead atoms. The van der Waals surface area contributed by atoms with E-state index in [9.17, 15) is 0 Å². The number of aromatic nitrogens is 1. The molecule has 4 nitrogen and oxygen atoms in total. The molecule has 1 aliphatic heterocycles. The van der Waals surface area contributed by atoms with Gasteiger partial charge in [0, 0.05) is 38.9 Å². The highest BCUT2D eigenvalue weighted by Gasteiger charge is 2.11. The lowest BCUT2D eigenvalue weighted by atomic mass is 10.1. The predicted molar refractivity (Wildman–Crippen MR) is 73.1 cm³/mol. The monoisotopic (exact) mass is 249 g/mol. The van der Waals surface area contributed by atoms with Crippen LogP contribution in [0.2, 0.25) is 0 Å². The lowest BCUT2D eigenvalue weighted by molar-refractivity contribution is 0.190. The number of hydrogen-bond acceptors (Lipinski definition) is 4. The Morgan fingerprint density at radius 3 is 2.89 bits per heavy atom. The lowest BCUT2D eigenvalue weighted by Crippen LogP contribution is -2.44. The fraction of sp³-hybridized carbons (Fsp3) is 0.643. The van der Waals surface area contributed by atoms with E-state index in [4.69, 9.17) is 4.74 Å². The van der Waals surface area contributed by atoms with E-state index in [1.54, 1.807) is 0 Å². The summed E-state index contributed by atoms with van der Waals surface area (Å²) in [5, 5.41) is 3.35. The van der Waals surface area contributed by atoms with Crippen molar-refractivity contribution in [2.75, 3.05) is 39.3 Å². The molecule has 0 amide bonds. The van der Waals surface area contributed by atoms with Gasteiger partial charge in [-0.2, -0.15) is 0 Å². The first-order valence-corrected chi connectivity index (χ1v) is 6.78. The van der Waals surface area contributed by atoms with Gasteiger partial charge in [0.25, 0.3) is 0 Å². The van der Waals surface area contributed by atoms with Crippen molar-refractivity contribution in [2.24, 2.45) is 0 Å². The van der Waals surface area contributed by atoms with E-state index in [2.05, 4.69) is 29.0 Å². The molecule has 0 aromatic carbocycles. The van der Waals surface area contributed by atoms with Crippen LogP contribution < -0.4 is 10.1 Å².